The van der Waals surface area contributed by atoms with Crippen molar-refractivity contribution in [3.63, 3.8) is 0 Å². The maximum absolute atomic E-state index is 12.5. The molecule has 2 aromatic rings. The Morgan fingerprint density at radius 3 is 2.70 bits per heavy atom. The van der Waals surface area contributed by atoms with E-state index in [2.05, 4.69) is 43.3 Å². The number of carbonyl (C=O) groups is 1. The molecular weight excluding hydrogens is 336 g/mol. The van der Waals surface area contributed by atoms with E-state index < -0.39 is 5.60 Å². The number of nitrogens with zero attached hydrogens (tertiary/aromatic N) is 2. The molecule has 2 heterocycles. The Morgan fingerprint density at radius 1 is 1.22 bits per heavy atom. The molecule has 1 amide bonds. The second kappa shape index (κ2) is 7.81. The second-order valence-corrected chi connectivity index (χ2v) is 8.36. The lowest BCUT2D eigenvalue weighted by atomic mass is 9.91. The van der Waals surface area contributed by atoms with Gasteiger partial charge in [0.05, 0.1) is 0 Å². The van der Waals surface area contributed by atoms with Crippen LogP contribution in [0.3, 0.4) is 0 Å². The Kier molecular flexibility index (Phi) is 5.66. The molecule has 0 spiro atoms. The summed E-state index contributed by atoms with van der Waals surface area (Å²) in [7, 11) is 0. The van der Waals surface area contributed by atoms with Crippen molar-refractivity contribution in [2.24, 2.45) is 0 Å². The molecule has 1 N–H and O–H groups in total. The summed E-state index contributed by atoms with van der Waals surface area (Å²) in [5.74, 6) is 0.0287. The van der Waals surface area contributed by atoms with E-state index in [4.69, 9.17) is 4.98 Å². The van der Waals surface area contributed by atoms with E-state index in [0.717, 1.165) is 30.7 Å². The summed E-state index contributed by atoms with van der Waals surface area (Å²) in [6.45, 7) is 8.60. The number of rotatable bonds is 4. The highest BCUT2D eigenvalue weighted by Gasteiger charge is 2.33. The summed E-state index contributed by atoms with van der Waals surface area (Å²) < 4.78 is 0. The third-order valence-corrected chi connectivity index (χ3v) is 5.17. The molecule has 144 valence electrons. The lowest BCUT2D eigenvalue weighted by Gasteiger charge is -2.35. The molecule has 0 unspecified atom stereocenters. The number of aromatic nitrogens is 1. The average Bonchev–Trinajstić information content (AvgIpc) is 2.60. The highest BCUT2D eigenvalue weighted by atomic mass is 16.3. The highest BCUT2D eigenvalue weighted by Crippen LogP contribution is 2.28. The molecule has 3 rings (SSSR count). The molecule has 1 aliphatic heterocycles. The Labute approximate surface area is 162 Å². The summed E-state index contributed by atoms with van der Waals surface area (Å²) in [5, 5.41) is 10.1. The van der Waals surface area contributed by atoms with Crippen LogP contribution in [0, 0.1) is 13.8 Å². The van der Waals surface area contributed by atoms with E-state index in [1.54, 1.807) is 18.7 Å². The van der Waals surface area contributed by atoms with Crippen LogP contribution in [0.5, 0.6) is 0 Å². The minimum atomic E-state index is -1.32. The first kappa shape index (κ1) is 19.6. The molecule has 0 bridgehead atoms. The highest BCUT2D eigenvalue weighted by molar-refractivity contribution is 5.84. The number of benzene rings is 1. The van der Waals surface area contributed by atoms with E-state index >= 15 is 0 Å². The average molecular weight is 367 g/mol. The van der Waals surface area contributed by atoms with Crippen molar-refractivity contribution in [2.45, 2.75) is 58.5 Å². The number of hydrogen-bond donors (Lipinski definition) is 1. The van der Waals surface area contributed by atoms with Crippen molar-refractivity contribution in [3.8, 4) is 0 Å². The zero-order valence-electron chi connectivity index (χ0n) is 16.8. The molecule has 4 nitrogen and oxygen atoms in total. The number of amides is 1. The summed E-state index contributed by atoms with van der Waals surface area (Å²) in [6.07, 6.45) is 2.85. The van der Waals surface area contributed by atoms with Gasteiger partial charge in [0, 0.05) is 30.4 Å². The molecule has 0 radical (unpaired) electrons. The molecule has 0 aliphatic carbocycles. The third-order valence-electron chi connectivity index (χ3n) is 5.17. The van der Waals surface area contributed by atoms with Crippen LogP contribution >= 0.6 is 0 Å². The second-order valence-electron chi connectivity index (χ2n) is 8.36. The van der Waals surface area contributed by atoms with Gasteiger partial charge in [-0.3, -0.25) is 9.78 Å². The Bertz CT molecular complexity index is 823. The first-order chi connectivity index (χ1) is 12.7. The van der Waals surface area contributed by atoms with Crippen LogP contribution in [0.15, 0.2) is 36.4 Å². The van der Waals surface area contributed by atoms with Crippen molar-refractivity contribution < 1.29 is 9.90 Å². The summed E-state index contributed by atoms with van der Waals surface area (Å²) in [6, 6.07) is 12.9. The smallest absolute Gasteiger partial charge is 0.253 e. The van der Waals surface area contributed by atoms with E-state index in [1.165, 1.54) is 16.7 Å². The molecule has 0 saturated carbocycles. The fourth-order valence-corrected chi connectivity index (χ4v) is 3.93. The van der Waals surface area contributed by atoms with Gasteiger partial charge in [-0.2, -0.15) is 0 Å². The van der Waals surface area contributed by atoms with Crippen LogP contribution in [0.2, 0.25) is 0 Å². The topological polar surface area (TPSA) is 53.4 Å². The van der Waals surface area contributed by atoms with E-state index in [1.807, 2.05) is 6.92 Å². The van der Waals surface area contributed by atoms with Gasteiger partial charge >= 0.3 is 0 Å². The van der Waals surface area contributed by atoms with Gasteiger partial charge in [0.2, 0.25) is 0 Å². The lowest BCUT2D eigenvalue weighted by molar-refractivity contribution is -0.149. The minimum Gasteiger partial charge on any atom is -0.381 e. The first-order valence-corrected chi connectivity index (χ1v) is 9.77. The zero-order valence-corrected chi connectivity index (χ0v) is 16.8. The molecule has 1 aromatic heterocycles. The van der Waals surface area contributed by atoms with Crippen molar-refractivity contribution in [2.75, 3.05) is 13.1 Å². The lowest BCUT2D eigenvalue weighted by Crippen LogP contribution is -2.48. The van der Waals surface area contributed by atoms with E-state index in [-0.39, 0.29) is 11.8 Å². The molecule has 1 saturated heterocycles. The van der Waals surface area contributed by atoms with Crippen LogP contribution in [0.4, 0.5) is 0 Å². The minimum absolute atomic E-state index is 0.195. The summed E-state index contributed by atoms with van der Waals surface area (Å²) in [4.78, 5) is 19.0. The van der Waals surface area contributed by atoms with E-state index in [0.29, 0.717) is 13.1 Å². The first-order valence-electron chi connectivity index (χ1n) is 9.77. The molecule has 1 aliphatic rings. The van der Waals surface area contributed by atoms with Gasteiger partial charge in [0.25, 0.3) is 5.91 Å². The van der Waals surface area contributed by atoms with Crippen LogP contribution in [0.1, 0.15) is 60.7 Å². The maximum atomic E-state index is 12.5. The van der Waals surface area contributed by atoms with Crippen molar-refractivity contribution >= 4 is 5.91 Å². The number of aryl methyl sites for hydroxylation is 2. The summed E-state index contributed by atoms with van der Waals surface area (Å²) >= 11 is 0. The number of piperidine rings is 1. The number of likely N-dealkylation sites (tertiary alicyclic amines) is 1. The Balaban J connectivity index is 1.80. The Morgan fingerprint density at radius 2 is 2.00 bits per heavy atom. The van der Waals surface area contributed by atoms with Crippen LogP contribution in [-0.4, -0.2) is 39.6 Å². The quantitative estimate of drug-likeness (QED) is 0.896. The monoisotopic (exact) mass is 366 g/mol. The van der Waals surface area contributed by atoms with Crippen LogP contribution in [0.25, 0.3) is 0 Å². The van der Waals surface area contributed by atoms with Crippen molar-refractivity contribution in [3.05, 3.63) is 64.5 Å². The number of aliphatic hydroxyl groups is 1. The molecule has 1 atom stereocenters. The molecule has 1 fully saturated rings. The van der Waals surface area contributed by atoms with Gasteiger partial charge in [0.15, 0.2) is 0 Å². The SMILES string of the molecule is Cc1cccc(Cc2cc(C)nc([C@@H]3CCCN(C(=O)C(C)(C)O)C3)c2)c1. The van der Waals surface area contributed by atoms with Crippen LogP contribution < -0.4 is 0 Å². The third kappa shape index (κ3) is 4.95. The normalized spacial score (nSPS) is 17.8. The van der Waals surface area contributed by atoms with Crippen molar-refractivity contribution in [1.29, 1.82) is 0 Å². The Hall–Kier alpha value is -2.20. The van der Waals surface area contributed by atoms with Gasteiger partial charge in [-0.05, 0) is 70.2 Å². The predicted octanol–water partition coefficient (Wildman–Crippen LogP) is 3.77. The molecule has 1 aromatic carbocycles. The van der Waals surface area contributed by atoms with Gasteiger partial charge in [-0.15, -0.1) is 0 Å². The fourth-order valence-electron chi connectivity index (χ4n) is 3.93. The zero-order chi connectivity index (χ0) is 19.6. The van der Waals surface area contributed by atoms with Gasteiger partial charge in [0.1, 0.15) is 5.60 Å². The summed E-state index contributed by atoms with van der Waals surface area (Å²) in [5.41, 5.74) is 4.58. The van der Waals surface area contributed by atoms with Crippen molar-refractivity contribution in [1.82, 2.24) is 9.88 Å². The number of pyridine rings is 1. The molecular formula is C23H30N2O2. The largest absolute Gasteiger partial charge is 0.381 e. The van der Waals surface area contributed by atoms with Gasteiger partial charge in [-0.1, -0.05) is 29.8 Å². The van der Waals surface area contributed by atoms with Gasteiger partial charge < -0.3 is 10.0 Å². The van der Waals surface area contributed by atoms with Gasteiger partial charge in [-0.25, -0.2) is 0 Å². The maximum Gasteiger partial charge on any atom is 0.253 e. The standard InChI is InChI=1S/C23H30N2O2/c1-16-7-5-8-18(11-16)13-19-12-17(2)24-21(14-19)20-9-6-10-25(15-20)22(26)23(3,4)27/h5,7-8,11-12,14,20,27H,6,9-10,13,15H2,1-4H3/t20-/m1/s1. The molecule has 27 heavy (non-hydrogen) atoms. The van der Waals surface area contributed by atoms with E-state index in [9.17, 15) is 9.90 Å². The number of hydrogen-bond acceptors (Lipinski definition) is 3. The predicted molar refractivity (Wildman–Crippen MR) is 108 cm³/mol. The fraction of sp³-hybridized carbons (Fsp3) is 0.478. The van der Waals surface area contributed by atoms with Crippen LogP contribution in [-0.2, 0) is 11.2 Å². The molecule has 4 heteroatoms. The number of carbonyl (C=O) groups excluding carboxylic acids is 1.